The lowest BCUT2D eigenvalue weighted by atomic mass is 9.89. The van der Waals surface area contributed by atoms with Gasteiger partial charge in [-0.3, -0.25) is 14.8 Å². The number of aromatic nitrogens is 2. The van der Waals surface area contributed by atoms with Gasteiger partial charge in [0, 0.05) is 30.6 Å². The number of carboxylic acid groups (broad SMARTS) is 1. The third kappa shape index (κ3) is 3.48. The summed E-state index contributed by atoms with van der Waals surface area (Å²) in [5.41, 5.74) is 1.01. The molecule has 0 fully saturated rings. The average molecular weight is 319 g/mol. The topological polar surface area (TPSA) is 92.2 Å². The second kappa shape index (κ2) is 6.23. The molecule has 2 aromatic rings. The van der Waals surface area contributed by atoms with E-state index >= 15 is 0 Å². The second-order valence-corrected chi connectivity index (χ2v) is 6.64. The smallest absolute Gasteiger partial charge is 0.346 e. The van der Waals surface area contributed by atoms with Crippen LogP contribution in [0.5, 0.6) is 0 Å². The van der Waals surface area contributed by atoms with Gasteiger partial charge in [0.05, 0.1) is 10.6 Å². The minimum Gasteiger partial charge on any atom is -0.477 e. The van der Waals surface area contributed by atoms with Crippen LogP contribution < -0.4 is 5.32 Å². The highest BCUT2D eigenvalue weighted by atomic mass is 32.1. The van der Waals surface area contributed by atoms with Crippen molar-refractivity contribution < 1.29 is 14.7 Å². The van der Waals surface area contributed by atoms with Crippen molar-refractivity contribution in [3.8, 4) is 0 Å². The Morgan fingerprint density at radius 1 is 1.36 bits per heavy atom. The van der Waals surface area contributed by atoms with E-state index in [0.29, 0.717) is 17.0 Å². The Kier molecular flexibility index (Phi) is 4.56. The quantitative estimate of drug-likeness (QED) is 0.882. The first-order chi connectivity index (χ1) is 10.3. The summed E-state index contributed by atoms with van der Waals surface area (Å²) >= 11 is 0.983. The van der Waals surface area contributed by atoms with Crippen molar-refractivity contribution in [2.45, 2.75) is 26.2 Å². The van der Waals surface area contributed by atoms with E-state index in [1.165, 1.54) is 0 Å². The van der Waals surface area contributed by atoms with E-state index in [0.717, 1.165) is 17.0 Å². The summed E-state index contributed by atoms with van der Waals surface area (Å²) in [4.78, 5) is 32.1. The summed E-state index contributed by atoms with van der Waals surface area (Å²) in [5, 5.41) is 11.9. The normalized spacial score (nSPS) is 11.2. The van der Waals surface area contributed by atoms with E-state index in [-0.39, 0.29) is 16.2 Å². The maximum absolute atomic E-state index is 12.2. The molecule has 7 heteroatoms. The number of aryl methyl sites for hydroxylation is 1. The van der Waals surface area contributed by atoms with Crippen LogP contribution in [0, 0.1) is 6.92 Å². The molecule has 6 nitrogen and oxygen atoms in total. The van der Waals surface area contributed by atoms with Gasteiger partial charge in [0.1, 0.15) is 4.88 Å². The molecule has 2 N–H and O–H groups in total. The molecule has 0 aliphatic heterocycles. The van der Waals surface area contributed by atoms with Gasteiger partial charge in [-0.25, -0.2) is 4.79 Å². The zero-order valence-electron chi connectivity index (χ0n) is 12.6. The van der Waals surface area contributed by atoms with Gasteiger partial charge in [-0.05, 0) is 18.6 Å². The number of hydrogen-bond acceptors (Lipinski definition) is 5. The number of carbonyl (C=O) groups excluding carboxylic acids is 1. The van der Waals surface area contributed by atoms with E-state index in [1.807, 2.05) is 13.8 Å². The molecule has 0 aliphatic carbocycles. The molecular weight excluding hydrogens is 302 g/mol. The Labute approximate surface area is 132 Å². The first-order valence-corrected chi connectivity index (χ1v) is 7.51. The van der Waals surface area contributed by atoms with Crippen molar-refractivity contribution in [2.75, 3.05) is 6.54 Å². The standard InChI is InChI=1S/C15H17N3O3S/c1-9-6-10(22-12(9)14(20)21)13(19)18-8-15(2,3)11-7-16-4-5-17-11/h4-7H,8H2,1-3H3,(H,18,19)(H,20,21). The van der Waals surface area contributed by atoms with E-state index < -0.39 is 5.97 Å². The third-order valence-corrected chi connectivity index (χ3v) is 4.51. The van der Waals surface area contributed by atoms with Crippen molar-refractivity contribution in [1.29, 1.82) is 0 Å². The molecule has 116 valence electrons. The molecule has 0 unspecified atom stereocenters. The molecule has 22 heavy (non-hydrogen) atoms. The summed E-state index contributed by atoms with van der Waals surface area (Å²) in [5.74, 6) is -1.29. The fourth-order valence-corrected chi connectivity index (χ4v) is 2.86. The second-order valence-electron chi connectivity index (χ2n) is 5.59. The number of aromatic carboxylic acids is 1. The Hall–Kier alpha value is -2.28. The average Bonchev–Trinajstić information content (AvgIpc) is 2.88. The number of nitrogens with zero attached hydrogens (tertiary/aromatic N) is 2. The highest BCUT2D eigenvalue weighted by Gasteiger charge is 2.24. The lowest BCUT2D eigenvalue weighted by Gasteiger charge is -2.23. The third-order valence-electron chi connectivity index (χ3n) is 3.28. The van der Waals surface area contributed by atoms with Crippen molar-refractivity contribution >= 4 is 23.2 Å². The van der Waals surface area contributed by atoms with Gasteiger partial charge in [0.25, 0.3) is 5.91 Å². The van der Waals surface area contributed by atoms with Crippen LogP contribution in [0.3, 0.4) is 0 Å². The number of thiophene rings is 1. The summed E-state index contributed by atoms with van der Waals surface area (Å²) in [6, 6.07) is 1.60. The van der Waals surface area contributed by atoms with Crippen molar-refractivity contribution in [1.82, 2.24) is 15.3 Å². The summed E-state index contributed by atoms with van der Waals surface area (Å²) in [6.07, 6.45) is 4.88. The fraction of sp³-hybridized carbons (Fsp3) is 0.333. The maximum Gasteiger partial charge on any atom is 0.346 e. The van der Waals surface area contributed by atoms with E-state index in [4.69, 9.17) is 5.11 Å². The molecule has 0 spiro atoms. The number of nitrogens with one attached hydrogen (secondary N) is 1. The number of carbonyl (C=O) groups is 2. The largest absolute Gasteiger partial charge is 0.477 e. The first kappa shape index (κ1) is 16.1. The SMILES string of the molecule is Cc1cc(C(=O)NCC(C)(C)c2cnccn2)sc1C(=O)O. The molecule has 0 radical (unpaired) electrons. The first-order valence-electron chi connectivity index (χ1n) is 6.69. The van der Waals surface area contributed by atoms with Gasteiger partial charge >= 0.3 is 5.97 Å². The number of carboxylic acids is 1. The van der Waals surface area contributed by atoms with Gasteiger partial charge in [-0.2, -0.15) is 0 Å². The molecule has 0 aromatic carbocycles. The van der Waals surface area contributed by atoms with Crippen LogP contribution in [0.25, 0.3) is 0 Å². The van der Waals surface area contributed by atoms with Gasteiger partial charge in [0.2, 0.25) is 0 Å². The molecular formula is C15H17N3O3S. The molecule has 1 amide bonds. The Morgan fingerprint density at radius 2 is 2.09 bits per heavy atom. The molecule has 0 atom stereocenters. The summed E-state index contributed by atoms with van der Waals surface area (Å²) in [6.45, 7) is 5.98. The minimum atomic E-state index is -1.01. The number of rotatable bonds is 5. The monoisotopic (exact) mass is 319 g/mol. The van der Waals surface area contributed by atoms with Crippen LogP contribution in [0.2, 0.25) is 0 Å². The highest BCUT2D eigenvalue weighted by molar-refractivity contribution is 7.16. The maximum atomic E-state index is 12.2. The van der Waals surface area contributed by atoms with Gasteiger partial charge in [-0.1, -0.05) is 13.8 Å². The Balaban J connectivity index is 2.07. The molecule has 0 saturated heterocycles. The summed E-state index contributed by atoms with van der Waals surface area (Å²) < 4.78 is 0. The van der Waals surface area contributed by atoms with Crippen LogP contribution >= 0.6 is 11.3 Å². The zero-order chi connectivity index (χ0) is 16.3. The zero-order valence-corrected chi connectivity index (χ0v) is 13.4. The van der Waals surface area contributed by atoms with Crippen LogP contribution in [0.1, 0.15) is 44.4 Å². The molecule has 2 rings (SSSR count). The van der Waals surface area contributed by atoms with Crippen LogP contribution in [-0.4, -0.2) is 33.5 Å². The van der Waals surface area contributed by atoms with Gasteiger partial charge in [-0.15, -0.1) is 11.3 Å². The molecule has 0 saturated carbocycles. The van der Waals surface area contributed by atoms with Gasteiger partial charge in [0.15, 0.2) is 0 Å². The Bertz CT molecular complexity index is 695. The highest BCUT2D eigenvalue weighted by Crippen LogP contribution is 2.23. The minimum absolute atomic E-state index is 0.193. The van der Waals surface area contributed by atoms with Crippen molar-refractivity contribution in [2.24, 2.45) is 0 Å². The van der Waals surface area contributed by atoms with Crippen molar-refractivity contribution in [3.63, 3.8) is 0 Å². The predicted octanol–water partition coefficient (Wildman–Crippen LogP) is 2.25. The summed E-state index contributed by atoms with van der Waals surface area (Å²) in [7, 11) is 0. The van der Waals surface area contributed by atoms with E-state index in [1.54, 1.807) is 31.6 Å². The molecule has 2 heterocycles. The van der Waals surface area contributed by atoms with Crippen LogP contribution in [0.4, 0.5) is 0 Å². The van der Waals surface area contributed by atoms with Crippen LogP contribution in [-0.2, 0) is 5.41 Å². The molecule has 0 aliphatic rings. The lowest BCUT2D eigenvalue weighted by molar-refractivity contribution is 0.0701. The number of amides is 1. The predicted molar refractivity (Wildman–Crippen MR) is 83.4 cm³/mol. The van der Waals surface area contributed by atoms with E-state index in [2.05, 4.69) is 15.3 Å². The molecule has 0 bridgehead atoms. The van der Waals surface area contributed by atoms with Crippen LogP contribution in [0.15, 0.2) is 24.7 Å². The fourth-order valence-electron chi connectivity index (χ4n) is 1.93. The van der Waals surface area contributed by atoms with E-state index in [9.17, 15) is 9.59 Å². The van der Waals surface area contributed by atoms with Crippen molar-refractivity contribution in [3.05, 3.63) is 45.7 Å². The number of hydrogen-bond donors (Lipinski definition) is 2. The molecule has 2 aromatic heterocycles. The van der Waals surface area contributed by atoms with Gasteiger partial charge < -0.3 is 10.4 Å². The Morgan fingerprint density at radius 3 is 2.64 bits per heavy atom. The lowest BCUT2D eigenvalue weighted by Crippen LogP contribution is -2.37.